The summed E-state index contributed by atoms with van der Waals surface area (Å²) in [5.41, 5.74) is 0.225. The van der Waals surface area contributed by atoms with Gasteiger partial charge in [-0.3, -0.25) is 0 Å². The van der Waals surface area contributed by atoms with E-state index in [0.29, 0.717) is 24.8 Å². The summed E-state index contributed by atoms with van der Waals surface area (Å²) < 4.78 is 32.6. The maximum atomic E-state index is 14.0. The van der Waals surface area contributed by atoms with Crippen LogP contribution in [0.3, 0.4) is 0 Å². The number of benzene rings is 2. The van der Waals surface area contributed by atoms with Crippen molar-refractivity contribution in [2.45, 2.75) is 0 Å². The lowest BCUT2D eigenvalue weighted by molar-refractivity contribution is 0.206. The van der Waals surface area contributed by atoms with Crippen LogP contribution in [-0.4, -0.2) is 43.3 Å². The number of aromatic nitrogens is 2. The summed E-state index contributed by atoms with van der Waals surface area (Å²) in [7, 11) is 3.39. The number of nitrogens with zero attached hydrogens (tertiary/aromatic N) is 4. The first-order chi connectivity index (χ1) is 14.5. The van der Waals surface area contributed by atoms with Crippen LogP contribution in [0, 0.1) is 11.6 Å². The molecule has 9 heteroatoms. The summed E-state index contributed by atoms with van der Waals surface area (Å²) in [5.74, 6) is -0.762. The molecule has 3 aromatic rings. The van der Waals surface area contributed by atoms with Crippen molar-refractivity contribution in [3.05, 3.63) is 72.4 Å². The van der Waals surface area contributed by atoms with E-state index in [2.05, 4.69) is 15.3 Å². The van der Waals surface area contributed by atoms with E-state index in [1.54, 1.807) is 55.5 Å². The van der Waals surface area contributed by atoms with Crippen LogP contribution in [0.1, 0.15) is 0 Å². The van der Waals surface area contributed by atoms with Crippen molar-refractivity contribution in [2.75, 3.05) is 42.4 Å². The number of carbonyl (C=O) groups is 1. The van der Waals surface area contributed by atoms with Crippen LogP contribution in [0.15, 0.2) is 60.8 Å². The van der Waals surface area contributed by atoms with Crippen LogP contribution >= 0.6 is 0 Å². The molecular weight excluding hydrogens is 392 g/mol. The Morgan fingerprint density at radius 3 is 2.63 bits per heavy atom. The number of amides is 2. The summed E-state index contributed by atoms with van der Waals surface area (Å²) in [6.07, 6.45) is 1.52. The van der Waals surface area contributed by atoms with E-state index in [9.17, 15) is 13.6 Å². The fourth-order valence-corrected chi connectivity index (χ4v) is 2.67. The maximum absolute atomic E-state index is 14.0. The summed E-state index contributed by atoms with van der Waals surface area (Å²) in [5, 5.41) is 2.41. The zero-order valence-electron chi connectivity index (χ0n) is 16.5. The number of anilines is 4. The molecule has 1 heterocycles. The van der Waals surface area contributed by atoms with Crippen molar-refractivity contribution in [2.24, 2.45) is 0 Å². The van der Waals surface area contributed by atoms with E-state index >= 15 is 0 Å². The number of para-hydroxylation sites is 1. The fraction of sp³-hybridized carbons (Fsp3) is 0.190. The molecule has 2 aromatic carbocycles. The molecule has 3 rings (SSSR count). The van der Waals surface area contributed by atoms with Gasteiger partial charge < -0.3 is 15.0 Å². The number of methoxy groups -OCH3 is 1. The molecule has 0 aliphatic heterocycles. The van der Waals surface area contributed by atoms with Crippen LogP contribution in [0.25, 0.3) is 0 Å². The number of urea groups is 1. The highest BCUT2D eigenvalue weighted by Gasteiger charge is 2.22. The Balaban J connectivity index is 1.96. The van der Waals surface area contributed by atoms with E-state index in [4.69, 9.17) is 4.74 Å². The van der Waals surface area contributed by atoms with Crippen molar-refractivity contribution in [1.82, 2.24) is 9.97 Å². The number of rotatable bonds is 7. The van der Waals surface area contributed by atoms with E-state index in [-0.39, 0.29) is 11.5 Å². The molecule has 2 amide bonds. The molecule has 0 saturated heterocycles. The van der Waals surface area contributed by atoms with Crippen molar-refractivity contribution >= 4 is 29.2 Å². The lowest BCUT2D eigenvalue weighted by atomic mass is 10.2. The van der Waals surface area contributed by atoms with Crippen molar-refractivity contribution in [3.8, 4) is 0 Å². The summed E-state index contributed by atoms with van der Waals surface area (Å²) >= 11 is 0. The van der Waals surface area contributed by atoms with Gasteiger partial charge in [0.15, 0.2) is 0 Å². The Labute approximate surface area is 172 Å². The van der Waals surface area contributed by atoms with Gasteiger partial charge in [0.2, 0.25) is 5.95 Å². The molecule has 0 atom stereocenters. The van der Waals surface area contributed by atoms with Gasteiger partial charge in [-0.15, -0.1) is 0 Å². The first-order valence-corrected chi connectivity index (χ1v) is 9.14. The molecule has 0 unspecified atom stereocenters. The molecule has 1 N–H and O–H groups in total. The van der Waals surface area contributed by atoms with Gasteiger partial charge in [0, 0.05) is 39.0 Å². The number of carbonyl (C=O) groups excluding carboxylic acids is 1. The van der Waals surface area contributed by atoms with E-state index in [0.717, 1.165) is 18.2 Å². The predicted octanol–water partition coefficient (Wildman–Crippen LogP) is 4.21. The minimum atomic E-state index is -0.750. The molecule has 0 bridgehead atoms. The van der Waals surface area contributed by atoms with Crippen molar-refractivity contribution < 1.29 is 18.3 Å². The van der Waals surface area contributed by atoms with Gasteiger partial charge in [0.25, 0.3) is 0 Å². The smallest absolute Gasteiger partial charge is 0.332 e. The third-order valence-electron chi connectivity index (χ3n) is 4.22. The van der Waals surface area contributed by atoms with Gasteiger partial charge in [0.05, 0.1) is 18.0 Å². The third-order valence-corrected chi connectivity index (χ3v) is 4.22. The van der Waals surface area contributed by atoms with Gasteiger partial charge in [0.1, 0.15) is 17.5 Å². The topological polar surface area (TPSA) is 70.6 Å². The molecule has 30 heavy (non-hydrogen) atoms. The van der Waals surface area contributed by atoms with Gasteiger partial charge >= 0.3 is 6.03 Å². The van der Waals surface area contributed by atoms with Crippen LogP contribution in [0.5, 0.6) is 0 Å². The highest BCUT2D eigenvalue weighted by Crippen LogP contribution is 2.26. The van der Waals surface area contributed by atoms with Gasteiger partial charge in [-0.2, -0.15) is 4.98 Å². The average molecular weight is 413 g/mol. The van der Waals surface area contributed by atoms with E-state index in [1.165, 1.54) is 11.1 Å². The van der Waals surface area contributed by atoms with Crippen molar-refractivity contribution in [3.63, 3.8) is 0 Å². The standard InChI is InChI=1S/C21H21F2N5O2/c1-27(12-13-30-2)20-24-11-10-19(26-20)28(16-6-4-3-5-7-16)21(29)25-18-14-15(22)8-9-17(18)23/h3-11,14H,12-13H2,1-2H3,(H,25,29). The number of likely N-dealkylation sites (N-methyl/N-ethyl adjacent to an activating group) is 1. The SMILES string of the molecule is COCCN(C)c1nccc(N(C(=O)Nc2cc(F)ccc2F)c2ccccc2)n1. The third kappa shape index (κ3) is 5.06. The number of hydrogen-bond donors (Lipinski definition) is 1. The minimum Gasteiger partial charge on any atom is -0.383 e. The summed E-state index contributed by atoms with van der Waals surface area (Å²) in [4.78, 5) is 24.8. The Morgan fingerprint density at radius 1 is 1.13 bits per heavy atom. The lowest BCUT2D eigenvalue weighted by Crippen LogP contribution is -2.32. The minimum absolute atomic E-state index is 0.268. The lowest BCUT2D eigenvalue weighted by Gasteiger charge is -2.24. The largest absolute Gasteiger partial charge is 0.383 e. The van der Waals surface area contributed by atoms with E-state index < -0.39 is 17.7 Å². The molecule has 1 aromatic heterocycles. The molecule has 0 aliphatic rings. The first kappa shape index (κ1) is 21.1. The molecule has 156 valence electrons. The Morgan fingerprint density at radius 2 is 1.90 bits per heavy atom. The zero-order valence-corrected chi connectivity index (χ0v) is 16.5. The monoisotopic (exact) mass is 413 g/mol. The fourth-order valence-electron chi connectivity index (χ4n) is 2.67. The second-order valence-corrected chi connectivity index (χ2v) is 6.35. The Kier molecular flexibility index (Phi) is 6.87. The van der Waals surface area contributed by atoms with Crippen LogP contribution in [-0.2, 0) is 4.74 Å². The quantitative estimate of drug-likeness (QED) is 0.628. The summed E-state index contributed by atoms with van der Waals surface area (Å²) in [6.45, 7) is 1.03. The van der Waals surface area contributed by atoms with Crippen molar-refractivity contribution in [1.29, 1.82) is 0 Å². The average Bonchev–Trinajstić information content (AvgIpc) is 2.76. The van der Waals surface area contributed by atoms with Crippen LogP contribution < -0.4 is 15.1 Å². The number of nitrogens with one attached hydrogen (secondary N) is 1. The number of ether oxygens (including phenoxy) is 1. The van der Waals surface area contributed by atoms with Crippen LogP contribution in [0.4, 0.5) is 36.7 Å². The van der Waals surface area contributed by atoms with Crippen LogP contribution in [0.2, 0.25) is 0 Å². The second-order valence-electron chi connectivity index (χ2n) is 6.35. The van der Waals surface area contributed by atoms with Gasteiger partial charge in [-0.25, -0.2) is 23.5 Å². The number of halogens is 2. The molecule has 7 nitrogen and oxygen atoms in total. The van der Waals surface area contributed by atoms with Gasteiger partial charge in [-0.05, 0) is 24.3 Å². The maximum Gasteiger partial charge on any atom is 0.332 e. The molecular formula is C21H21F2N5O2. The highest BCUT2D eigenvalue weighted by molar-refractivity contribution is 6.06. The first-order valence-electron chi connectivity index (χ1n) is 9.14. The van der Waals surface area contributed by atoms with Gasteiger partial charge in [-0.1, -0.05) is 18.2 Å². The molecule has 0 fully saturated rings. The molecule has 0 aliphatic carbocycles. The second kappa shape index (κ2) is 9.75. The molecule has 0 saturated carbocycles. The normalized spacial score (nSPS) is 10.5. The van der Waals surface area contributed by atoms with E-state index in [1.807, 2.05) is 0 Å². The zero-order chi connectivity index (χ0) is 21.5. The Hall–Kier alpha value is -3.59. The summed E-state index contributed by atoms with van der Waals surface area (Å²) in [6, 6.07) is 12.4. The Bertz CT molecular complexity index is 1000. The molecule has 0 radical (unpaired) electrons. The number of hydrogen-bond acceptors (Lipinski definition) is 5. The predicted molar refractivity (Wildman–Crippen MR) is 111 cm³/mol. The highest BCUT2D eigenvalue weighted by atomic mass is 19.1. The molecule has 0 spiro atoms.